The Morgan fingerprint density at radius 2 is 1.02 bits per heavy atom. The van der Waals surface area contributed by atoms with Crippen molar-refractivity contribution < 1.29 is 47.7 Å². The minimum atomic E-state index is -0.628. The van der Waals surface area contributed by atoms with E-state index in [-0.39, 0.29) is 53.9 Å². The van der Waals surface area contributed by atoms with E-state index in [1.807, 2.05) is 6.07 Å². The molecule has 0 heterocycles. The summed E-state index contributed by atoms with van der Waals surface area (Å²) in [5, 5.41) is 0. The van der Waals surface area contributed by atoms with Gasteiger partial charge in [0, 0.05) is 6.08 Å². The Balaban J connectivity index is 1.17. The zero-order valence-corrected chi connectivity index (χ0v) is 24.7. The molecule has 0 amide bonds. The third kappa shape index (κ3) is 10.2. The molecule has 10 nitrogen and oxygen atoms in total. The maximum absolute atomic E-state index is 12.7. The Kier molecular flexibility index (Phi) is 12.0. The van der Waals surface area contributed by atoms with E-state index in [1.54, 1.807) is 24.3 Å². The molecule has 1 fully saturated rings. The van der Waals surface area contributed by atoms with Crippen molar-refractivity contribution >= 4 is 29.8 Å². The Labute approximate surface area is 260 Å². The van der Waals surface area contributed by atoms with Gasteiger partial charge in [-0.15, -0.1) is 0 Å². The second-order valence-corrected chi connectivity index (χ2v) is 10.4. The largest absolute Gasteiger partial charge is 0.463 e. The molecule has 3 aromatic rings. The topological polar surface area (TPSA) is 132 Å². The minimum absolute atomic E-state index is 0.159. The van der Waals surface area contributed by atoms with Crippen LogP contribution in [-0.2, 0) is 23.9 Å². The minimum Gasteiger partial charge on any atom is -0.463 e. The van der Waals surface area contributed by atoms with E-state index < -0.39 is 17.9 Å². The van der Waals surface area contributed by atoms with Crippen molar-refractivity contribution in [1.82, 2.24) is 0 Å². The van der Waals surface area contributed by atoms with Gasteiger partial charge in [0.05, 0.1) is 36.2 Å². The molecule has 0 aliphatic heterocycles. The van der Waals surface area contributed by atoms with Gasteiger partial charge in [-0.25, -0.2) is 14.4 Å². The summed E-state index contributed by atoms with van der Waals surface area (Å²) in [7, 11) is 0. The summed E-state index contributed by atoms with van der Waals surface area (Å²) in [4.78, 5) is 61.0. The highest BCUT2D eigenvalue weighted by atomic mass is 16.6. The summed E-state index contributed by atoms with van der Waals surface area (Å²) in [6.07, 6.45) is 4.27. The number of unbranched alkanes of at least 4 members (excludes halogenated alkanes) is 1. The molecule has 0 atom stereocenters. The van der Waals surface area contributed by atoms with Crippen LogP contribution >= 0.6 is 0 Å². The lowest BCUT2D eigenvalue weighted by atomic mass is 9.82. The Morgan fingerprint density at radius 3 is 1.53 bits per heavy atom. The molecule has 234 valence electrons. The van der Waals surface area contributed by atoms with Crippen LogP contribution in [0.25, 0.3) is 0 Å². The van der Waals surface area contributed by atoms with E-state index in [9.17, 15) is 24.0 Å². The molecule has 0 unspecified atom stereocenters. The van der Waals surface area contributed by atoms with Crippen LogP contribution < -0.4 is 14.2 Å². The number of ether oxygens (including phenoxy) is 5. The molecular formula is C35H34O10. The molecule has 4 rings (SSSR count). The molecule has 1 saturated carbocycles. The van der Waals surface area contributed by atoms with Crippen LogP contribution in [0, 0.1) is 11.8 Å². The molecule has 0 N–H and O–H groups in total. The highest BCUT2D eigenvalue weighted by molar-refractivity contribution is 5.94. The van der Waals surface area contributed by atoms with E-state index in [2.05, 4.69) is 6.58 Å². The number of hydrogen-bond acceptors (Lipinski definition) is 10. The van der Waals surface area contributed by atoms with Crippen LogP contribution in [0.1, 0.15) is 59.2 Å². The maximum Gasteiger partial charge on any atom is 0.343 e. The van der Waals surface area contributed by atoms with Gasteiger partial charge in [-0.2, -0.15) is 0 Å². The van der Waals surface area contributed by atoms with Crippen LogP contribution in [0.15, 0.2) is 91.5 Å². The summed E-state index contributed by atoms with van der Waals surface area (Å²) < 4.78 is 26.4. The van der Waals surface area contributed by atoms with Crippen molar-refractivity contribution in [2.45, 2.75) is 38.5 Å². The third-order valence-electron chi connectivity index (χ3n) is 7.15. The number of hydrogen-bond donors (Lipinski definition) is 0. The number of esters is 5. The van der Waals surface area contributed by atoms with Crippen molar-refractivity contribution in [3.8, 4) is 17.2 Å². The summed E-state index contributed by atoms with van der Waals surface area (Å²) in [5.74, 6) is -1.84. The molecule has 0 aromatic heterocycles. The monoisotopic (exact) mass is 614 g/mol. The fraction of sp³-hybridized carbons (Fsp3) is 0.286. The van der Waals surface area contributed by atoms with Gasteiger partial charge in [-0.05, 0) is 99.2 Å². The van der Waals surface area contributed by atoms with Crippen molar-refractivity contribution in [1.29, 1.82) is 0 Å². The predicted molar refractivity (Wildman–Crippen MR) is 162 cm³/mol. The Bertz CT molecular complexity index is 1470. The number of carbonyl (C=O) groups is 5. The highest BCUT2D eigenvalue weighted by Gasteiger charge is 2.32. The highest BCUT2D eigenvalue weighted by Crippen LogP contribution is 2.31. The van der Waals surface area contributed by atoms with Gasteiger partial charge in [0.25, 0.3) is 0 Å². The zero-order valence-electron chi connectivity index (χ0n) is 24.7. The van der Waals surface area contributed by atoms with Gasteiger partial charge in [0.2, 0.25) is 0 Å². The first-order chi connectivity index (χ1) is 21.8. The number of benzene rings is 3. The molecule has 45 heavy (non-hydrogen) atoms. The lowest BCUT2D eigenvalue weighted by molar-refractivity contribution is -0.145. The number of rotatable bonds is 13. The zero-order chi connectivity index (χ0) is 32.0. The summed E-state index contributed by atoms with van der Waals surface area (Å²) in [6, 6.07) is 20.8. The lowest BCUT2D eigenvalue weighted by Gasteiger charge is -2.25. The second kappa shape index (κ2) is 16.6. The Hall–Kier alpha value is -5.25. The normalized spacial score (nSPS) is 15.6. The van der Waals surface area contributed by atoms with Gasteiger partial charge in [-0.1, -0.05) is 24.8 Å². The summed E-state index contributed by atoms with van der Waals surface area (Å²) in [6.45, 7) is 3.68. The number of carbonyl (C=O) groups excluding carboxylic acids is 5. The summed E-state index contributed by atoms with van der Waals surface area (Å²) in [5.41, 5.74) is 0.505. The van der Waals surface area contributed by atoms with Crippen molar-refractivity contribution in [2.75, 3.05) is 13.2 Å². The molecule has 1 aliphatic rings. The third-order valence-corrected chi connectivity index (χ3v) is 7.15. The fourth-order valence-corrected chi connectivity index (χ4v) is 4.62. The van der Waals surface area contributed by atoms with E-state index in [0.717, 1.165) is 6.08 Å². The van der Waals surface area contributed by atoms with Gasteiger partial charge in [0.1, 0.15) is 17.2 Å². The van der Waals surface area contributed by atoms with Crippen LogP contribution in [-0.4, -0.2) is 43.1 Å². The van der Waals surface area contributed by atoms with Crippen LogP contribution in [0.2, 0.25) is 0 Å². The van der Waals surface area contributed by atoms with E-state index in [4.69, 9.17) is 23.7 Å². The van der Waals surface area contributed by atoms with Crippen molar-refractivity contribution in [3.63, 3.8) is 0 Å². The molecule has 10 heteroatoms. The molecule has 3 aromatic carbocycles. The first-order valence-electron chi connectivity index (χ1n) is 14.7. The van der Waals surface area contributed by atoms with E-state index in [1.165, 1.54) is 48.5 Å². The SMILES string of the molecule is C=CC(=O)OCCCCOC(=O)c1ccc(C(=O)Oc2ccc(OC(=O)C3CCC(C(=O)Oc4ccccc4)CC3)cc2)cc1. The van der Waals surface area contributed by atoms with E-state index in [0.29, 0.717) is 50.0 Å². The van der Waals surface area contributed by atoms with Crippen LogP contribution in [0.5, 0.6) is 17.2 Å². The molecule has 0 spiro atoms. The van der Waals surface area contributed by atoms with Gasteiger partial charge >= 0.3 is 29.8 Å². The summed E-state index contributed by atoms with van der Waals surface area (Å²) >= 11 is 0. The maximum atomic E-state index is 12.7. The second-order valence-electron chi connectivity index (χ2n) is 10.4. The fourth-order valence-electron chi connectivity index (χ4n) is 4.62. The van der Waals surface area contributed by atoms with Gasteiger partial charge in [-0.3, -0.25) is 9.59 Å². The first kappa shape index (κ1) is 32.7. The Morgan fingerprint density at radius 1 is 0.578 bits per heavy atom. The standard InChI is InChI=1S/C35H34O10/c1-2-31(36)41-22-6-7-23-42-32(37)24-10-12-25(13-11-24)34(39)44-29-18-20-30(21-19-29)45-35(40)27-16-14-26(15-17-27)33(38)43-28-8-4-3-5-9-28/h2-5,8-13,18-21,26-27H,1,6-7,14-17,22-23H2. The molecular weight excluding hydrogens is 580 g/mol. The quantitative estimate of drug-likeness (QED) is 0.0994. The van der Waals surface area contributed by atoms with Crippen molar-refractivity contribution in [2.24, 2.45) is 11.8 Å². The molecule has 1 aliphatic carbocycles. The average molecular weight is 615 g/mol. The van der Waals surface area contributed by atoms with Gasteiger partial charge < -0.3 is 23.7 Å². The van der Waals surface area contributed by atoms with Crippen LogP contribution in [0.3, 0.4) is 0 Å². The van der Waals surface area contributed by atoms with Crippen LogP contribution in [0.4, 0.5) is 0 Å². The average Bonchev–Trinajstić information content (AvgIpc) is 3.07. The van der Waals surface area contributed by atoms with E-state index >= 15 is 0 Å². The number of para-hydroxylation sites is 1. The molecule has 0 bridgehead atoms. The molecule has 0 radical (unpaired) electrons. The van der Waals surface area contributed by atoms with Crippen molar-refractivity contribution in [3.05, 3.63) is 103 Å². The lowest BCUT2D eigenvalue weighted by Crippen LogP contribution is -2.30. The predicted octanol–water partition coefficient (Wildman–Crippen LogP) is 5.89. The van der Waals surface area contributed by atoms with Gasteiger partial charge in [0.15, 0.2) is 0 Å². The first-order valence-corrected chi connectivity index (χ1v) is 14.7. The molecule has 0 saturated heterocycles. The smallest absolute Gasteiger partial charge is 0.343 e.